The maximum atomic E-state index is 12.3. The number of fused-ring (bicyclic) bond motifs is 1. The molecule has 23 heavy (non-hydrogen) atoms. The number of carbonyl (C=O) groups excluding carboxylic acids is 3. The Morgan fingerprint density at radius 3 is 2.17 bits per heavy atom. The Morgan fingerprint density at radius 2 is 1.52 bits per heavy atom. The lowest BCUT2D eigenvalue weighted by atomic mass is 9.88. The molecule has 0 spiro atoms. The number of rotatable bonds is 2. The number of amides is 1. The number of hydrogen-bond acceptors (Lipinski definition) is 4. The molecule has 0 atom stereocenters. The average molecular weight is 328 g/mol. The van der Waals surface area contributed by atoms with Gasteiger partial charge in [-0.05, 0) is 24.3 Å². The molecule has 114 valence electrons. The second-order valence-corrected chi connectivity index (χ2v) is 5.32. The maximum Gasteiger partial charge on any atom is 0.263 e. The second-order valence-electron chi connectivity index (χ2n) is 4.89. The predicted molar refractivity (Wildman–Crippen MR) is 85.4 cm³/mol. The molecule has 1 aliphatic rings. The third kappa shape index (κ3) is 2.62. The molecule has 2 N–H and O–H groups in total. The van der Waals surface area contributed by atoms with E-state index in [0.717, 1.165) is 0 Å². The highest BCUT2D eigenvalue weighted by atomic mass is 35.5. The summed E-state index contributed by atoms with van der Waals surface area (Å²) in [5, 5.41) is 13.2. The van der Waals surface area contributed by atoms with Gasteiger partial charge in [0.05, 0.1) is 0 Å². The molecule has 2 aromatic carbocycles. The van der Waals surface area contributed by atoms with Crippen molar-refractivity contribution in [2.45, 2.75) is 0 Å². The first-order valence-corrected chi connectivity index (χ1v) is 7.05. The maximum absolute atomic E-state index is 12.3. The lowest BCUT2D eigenvalue weighted by Crippen LogP contribution is -2.31. The molecular formula is C17H10ClNO4. The first-order valence-electron chi connectivity index (χ1n) is 6.67. The van der Waals surface area contributed by atoms with Crippen molar-refractivity contribution < 1.29 is 19.5 Å². The summed E-state index contributed by atoms with van der Waals surface area (Å²) in [6, 6.07) is 12.3. The van der Waals surface area contributed by atoms with Crippen LogP contribution >= 0.6 is 11.6 Å². The molecule has 0 aliphatic heterocycles. The van der Waals surface area contributed by atoms with Crippen molar-refractivity contribution in [2.75, 3.05) is 5.32 Å². The molecule has 3 rings (SSSR count). The van der Waals surface area contributed by atoms with Crippen molar-refractivity contribution in [1.29, 1.82) is 0 Å². The van der Waals surface area contributed by atoms with E-state index in [0.29, 0.717) is 10.7 Å². The van der Waals surface area contributed by atoms with E-state index in [4.69, 9.17) is 11.6 Å². The van der Waals surface area contributed by atoms with Crippen LogP contribution in [0.3, 0.4) is 0 Å². The average Bonchev–Trinajstić information content (AvgIpc) is 2.55. The predicted octanol–water partition coefficient (Wildman–Crippen LogP) is 3.01. The number of hydrogen-bond donors (Lipinski definition) is 2. The van der Waals surface area contributed by atoms with Crippen molar-refractivity contribution in [3.8, 4) is 0 Å². The molecule has 0 bridgehead atoms. The number of aliphatic hydroxyl groups excluding tert-OH is 1. The number of benzene rings is 2. The zero-order chi connectivity index (χ0) is 16.6. The molecule has 0 fully saturated rings. The van der Waals surface area contributed by atoms with Gasteiger partial charge in [0.1, 0.15) is 11.3 Å². The summed E-state index contributed by atoms with van der Waals surface area (Å²) in [5.74, 6) is -3.21. The topological polar surface area (TPSA) is 83.5 Å². The van der Waals surface area contributed by atoms with Crippen LogP contribution in [0.2, 0.25) is 5.02 Å². The Kier molecular flexibility index (Phi) is 3.72. The van der Waals surface area contributed by atoms with E-state index in [1.54, 1.807) is 36.4 Å². The molecule has 0 saturated carbocycles. The molecule has 1 amide bonds. The van der Waals surface area contributed by atoms with Crippen LogP contribution in [-0.2, 0) is 9.59 Å². The van der Waals surface area contributed by atoms with Crippen LogP contribution in [0, 0.1) is 0 Å². The third-order valence-electron chi connectivity index (χ3n) is 3.43. The Balaban J connectivity index is 2.00. The van der Waals surface area contributed by atoms with Gasteiger partial charge in [0.25, 0.3) is 5.91 Å². The summed E-state index contributed by atoms with van der Waals surface area (Å²) in [7, 11) is 0. The van der Waals surface area contributed by atoms with Gasteiger partial charge < -0.3 is 10.4 Å². The van der Waals surface area contributed by atoms with Gasteiger partial charge in [-0.3, -0.25) is 14.4 Å². The fraction of sp³-hybridized carbons (Fsp3) is 0. The van der Waals surface area contributed by atoms with Crippen LogP contribution in [0.25, 0.3) is 5.76 Å². The van der Waals surface area contributed by atoms with Crippen molar-refractivity contribution in [1.82, 2.24) is 0 Å². The summed E-state index contributed by atoms with van der Waals surface area (Å²) in [6.07, 6.45) is 0. The minimum absolute atomic E-state index is 0.0815. The summed E-state index contributed by atoms with van der Waals surface area (Å²) < 4.78 is 0. The molecule has 0 unspecified atom stereocenters. The molecular weight excluding hydrogens is 318 g/mol. The van der Waals surface area contributed by atoms with Gasteiger partial charge in [-0.2, -0.15) is 0 Å². The smallest absolute Gasteiger partial charge is 0.263 e. The Hall–Kier alpha value is -2.92. The van der Waals surface area contributed by atoms with Gasteiger partial charge in [-0.25, -0.2) is 0 Å². The van der Waals surface area contributed by atoms with E-state index < -0.39 is 28.8 Å². The van der Waals surface area contributed by atoms with Crippen molar-refractivity contribution in [3.05, 3.63) is 70.3 Å². The summed E-state index contributed by atoms with van der Waals surface area (Å²) in [4.78, 5) is 36.5. The zero-order valence-corrected chi connectivity index (χ0v) is 12.4. The standard InChI is InChI=1S/C17H10ClNO4/c18-9-5-7-10(8-6-9)19-17(23)13-14(20)11-3-1-2-4-12(11)15(21)16(13)22/h1-8,20H,(H,19,23). The first-order chi connectivity index (χ1) is 11.0. The highest BCUT2D eigenvalue weighted by Gasteiger charge is 2.36. The number of ketones is 2. The minimum atomic E-state index is -1.03. The molecule has 6 heteroatoms. The van der Waals surface area contributed by atoms with E-state index in [1.807, 2.05) is 0 Å². The summed E-state index contributed by atoms with van der Waals surface area (Å²) in [5.41, 5.74) is 0.0684. The summed E-state index contributed by atoms with van der Waals surface area (Å²) >= 11 is 5.76. The van der Waals surface area contributed by atoms with Crippen LogP contribution < -0.4 is 5.32 Å². The van der Waals surface area contributed by atoms with E-state index in [-0.39, 0.29) is 11.1 Å². The van der Waals surface area contributed by atoms with Gasteiger partial charge in [0.2, 0.25) is 11.6 Å². The zero-order valence-electron chi connectivity index (χ0n) is 11.7. The number of halogens is 1. The van der Waals surface area contributed by atoms with Crippen molar-refractivity contribution >= 4 is 40.5 Å². The van der Waals surface area contributed by atoms with E-state index >= 15 is 0 Å². The lowest BCUT2D eigenvalue weighted by molar-refractivity contribution is -0.118. The Bertz CT molecular complexity index is 868. The van der Waals surface area contributed by atoms with Crippen LogP contribution in [0.5, 0.6) is 0 Å². The van der Waals surface area contributed by atoms with E-state index in [9.17, 15) is 19.5 Å². The molecule has 0 saturated heterocycles. The monoisotopic (exact) mass is 327 g/mol. The highest BCUT2D eigenvalue weighted by Crippen LogP contribution is 2.28. The molecule has 1 aliphatic carbocycles. The quantitative estimate of drug-likeness (QED) is 0.656. The fourth-order valence-electron chi connectivity index (χ4n) is 2.30. The number of Topliss-reactive ketones (excluding diaryl/α,β-unsaturated/α-hetero) is 2. The van der Waals surface area contributed by atoms with E-state index in [2.05, 4.69) is 5.32 Å². The molecule has 0 aromatic heterocycles. The molecule has 0 radical (unpaired) electrons. The van der Waals surface area contributed by atoms with Gasteiger partial charge >= 0.3 is 0 Å². The fourth-order valence-corrected chi connectivity index (χ4v) is 2.43. The molecule has 0 heterocycles. The number of aliphatic hydroxyl groups is 1. The third-order valence-corrected chi connectivity index (χ3v) is 3.68. The second kappa shape index (κ2) is 5.70. The Morgan fingerprint density at radius 1 is 0.913 bits per heavy atom. The Labute approximate surface area is 136 Å². The van der Waals surface area contributed by atoms with Gasteiger partial charge in [0, 0.05) is 21.8 Å². The molecule has 2 aromatic rings. The lowest BCUT2D eigenvalue weighted by Gasteiger charge is -2.17. The SMILES string of the molecule is O=C(Nc1ccc(Cl)cc1)C1=C(O)c2ccccc2C(=O)C1=O. The number of carbonyl (C=O) groups is 3. The van der Waals surface area contributed by atoms with Crippen LogP contribution in [0.1, 0.15) is 15.9 Å². The number of anilines is 1. The molecule has 5 nitrogen and oxygen atoms in total. The van der Waals surface area contributed by atoms with Crippen LogP contribution in [-0.4, -0.2) is 22.6 Å². The van der Waals surface area contributed by atoms with Crippen LogP contribution in [0.4, 0.5) is 5.69 Å². The first kappa shape index (κ1) is 15.0. The highest BCUT2D eigenvalue weighted by molar-refractivity contribution is 6.57. The normalized spacial score (nSPS) is 13.8. The van der Waals surface area contributed by atoms with E-state index in [1.165, 1.54) is 12.1 Å². The van der Waals surface area contributed by atoms with Crippen LogP contribution in [0.15, 0.2) is 54.1 Å². The number of nitrogens with one attached hydrogen (secondary N) is 1. The summed E-state index contributed by atoms with van der Waals surface area (Å²) in [6.45, 7) is 0. The van der Waals surface area contributed by atoms with Gasteiger partial charge in [-0.1, -0.05) is 35.9 Å². The van der Waals surface area contributed by atoms with Crippen molar-refractivity contribution in [2.24, 2.45) is 0 Å². The van der Waals surface area contributed by atoms with Gasteiger partial charge in [0.15, 0.2) is 0 Å². The largest absolute Gasteiger partial charge is 0.506 e. The van der Waals surface area contributed by atoms with Gasteiger partial charge in [-0.15, -0.1) is 0 Å². The van der Waals surface area contributed by atoms with Crippen molar-refractivity contribution in [3.63, 3.8) is 0 Å². The minimum Gasteiger partial charge on any atom is -0.506 e.